The molecule has 0 atom stereocenters. The van der Waals surface area contributed by atoms with Gasteiger partial charge in [0.05, 0.1) is 6.42 Å². The molecular weight excluding hydrogens is 264 g/mol. The fraction of sp³-hybridized carbons (Fsp3) is 0.176. The summed E-state index contributed by atoms with van der Waals surface area (Å²) in [7, 11) is 0. The highest BCUT2D eigenvalue weighted by molar-refractivity contribution is 5.84. The molecule has 0 bridgehead atoms. The molecule has 0 spiro atoms. The molecule has 0 aliphatic heterocycles. The summed E-state index contributed by atoms with van der Waals surface area (Å²) in [5.41, 5.74) is 3.26. The van der Waals surface area contributed by atoms with Crippen LogP contribution >= 0.6 is 0 Å². The van der Waals surface area contributed by atoms with Crippen molar-refractivity contribution < 1.29 is 9.90 Å². The molecule has 4 nitrogen and oxygen atoms in total. The standard InChI is InChI=1S/C17H16N2O2/c20-17(21)8-10-19-12-13(11-14-5-3-4-9-18-14)15-6-1-2-7-16(15)19/h1-7,9,12H,8,10-11H2,(H,20,21). The van der Waals surface area contributed by atoms with E-state index in [4.69, 9.17) is 5.11 Å². The van der Waals surface area contributed by atoms with Crippen LogP contribution in [0.5, 0.6) is 0 Å². The molecule has 1 aromatic carbocycles. The summed E-state index contributed by atoms with van der Waals surface area (Å²) in [4.78, 5) is 15.1. The van der Waals surface area contributed by atoms with Crippen LogP contribution in [0.1, 0.15) is 17.7 Å². The van der Waals surface area contributed by atoms with Gasteiger partial charge in [0.25, 0.3) is 0 Å². The molecule has 0 saturated carbocycles. The summed E-state index contributed by atoms with van der Waals surface area (Å²) >= 11 is 0. The fourth-order valence-corrected chi connectivity index (χ4v) is 2.56. The molecule has 4 heteroatoms. The van der Waals surface area contributed by atoms with Crippen molar-refractivity contribution in [1.82, 2.24) is 9.55 Å². The average Bonchev–Trinajstić information content (AvgIpc) is 2.85. The van der Waals surface area contributed by atoms with Crippen LogP contribution in [0, 0.1) is 0 Å². The Labute approximate surface area is 122 Å². The number of benzene rings is 1. The van der Waals surface area contributed by atoms with Gasteiger partial charge in [-0.15, -0.1) is 0 Å². The van der Waals surface area contributed by atoms with E-state index in [0.29, 0.717) is 6.54 Å². The number of pyridine rings is 1. The molecule has 0 radical (unpaired) electrons. The van der Waals surface area contributed by atoms with Crippen LogP contribution in [0.4, 0.5) is 0 Å². The van der Waals surface area contributed by atoms with Crippen molar-refractivity contribution in [2.75, 3.05) is 0 Å². The number of para-hydroxylation sites is 1. The first-order valence-corrected chi connectivity index (χ1v) is 6.92. The molecule has 0 unspecified atom stereocenters. The van der Waals surface area contributed by atoms with Crippen molar-refractivity contribution in [2.45, 2.75) is 19.4 Å². The predicted molar refractivity (Wildman–Crippen MR) is 81.2 cm³/mol. The van der Waals surface area contributed by atoms with Gasteiger partial charge in [-0.05, 0) is 23.8 Å². The maximum atomic E-state index is 10.8. The number of aryl methyl sites for hydroxylation is 1. The third kappa shape index (κ3) is 2.94. The van der Waals surface area contributed by atoms with E-state index in [-0.39, 0.29) is 6.42 Å². The number of rotatable bonds is 5. The van der Waals surface area contributed by atoms with E-state index in [2.05, 4.69) is 11.1 Å². The first-order chi connectivity index (χ1) is 10.2. The number of aromatic nitrogens is 2. The molecule has 3 aromatic rings. The van der Waals surface area contributed by atoms with Crippen LogP contribution in [0.15, 0.2) is 54.9 Å². The van der Waals surface area contributed by atoms with Crippen LogP contribution in [0.3, 0.4) is 0 Å². The molecule has 1 N–H and O–H groups in total. The number of hydrogen-bond acceptors (Lipinski definition) is 2. The van der Waals surface area contributed by atoms with E-state index in [1.165, 1.54) is 5.56 Å². The van der Waals surface area contributed by atoms with Crippen LogP contribution in [-0.4, -0.2) is 20.6 Å². The van der Waals surface area contributed by atoms with E-state index in [1.807, 2.05) is 47.2 Å². The second-order valence-electron chi connectivity index (χ2n) is 5.01. The van der Waals surface area contributed by atoms with Crippen molar-refractivity contribution >= 4 is 16.9 Å². The summed E-state index contributed by atoms with van der Waals surface area (Å²) in [5.74, 6) is -0.779. The largest absolute Gasteiger partial charge is 0.481 e. The van der Waals surface area contributed by atoms with Crippen LogP contribution in [0.25, 0.3) is 10.9 Å². The van der Waals surface area contributed by atoms with Gasteiger partial charge in [-0.3, -0.25) is 9.78 Å². The quantitative estimate of drug-likeness (QED) is 0.781. The fourth-order valence-electron chi connectivity index (χ4n) is 2.56. The Morgan fingerprint density at radius 2 is 1.95 bits per heavy atom. The normalized spacial score (nSPS) is 10.9. The lowest BCUT2D eigenvalue weighted by molar-refractivity contribution is -0.137. The molecule has 0 aliphatic carbocycles. The Bertz CT molecular complexity index is 763. The molecule has 21 heavy (non-hydrogen) atoms. The number of carboxylic acid groups (broad SMARTS) is 1. The lowest BCUT2D eigenvalue weighted by atomic mass is 10.1. The molecule has 0 aliphatic rings. The Morgan fingerprint density at radius 1 is 1.14 bits per heavy atom. The van der Waals surface area contributed by atoms with E-state index in [9.17, 15) is 4.79 Å². The maximum Gasteiger partial charge on any atom is 0.305 e. The van der Waals surface area contributed by atoms with Gasteiger partial charge >= 0.3 is 5.97 Å². The Hall–Kier alpha value is -2.62. The number of hydrogen-bond donors (Lipinski definition) is 1. The topological polar surface area (TPSA) is 55.1 Å². The molecule has 0 fully saturated rings. The number of fused-ring (bicyclic) bond motifs is 1. The molecule has 3 rings (SSSR count). The first-order valence-electron chi connectivity index (χ1n) is 6.92. The van der Waals surface area contributed by atoms with Gasteiger partial charge in [0.1, 0.15) is 0 Å². The number of nitrogens with zero attached hydrogens (tertiary/aromatic N) is 2. The lowest BCUT2D eigenvalue weighted by Crippen LogP contribution is -2.03. The number of carboxylic acids is 1. The minimum atomic E-state index is -0.779. The zero-order valence-electron chi connectivity index (χ0n) is 11.6. The average molecular weight is 280 g/mol. The summed E-state index contributed by atoms with van der Waals surface area (Å²) in [5, 5.41) is 10.0. The Balaban J connectivity index is 1.96. The van der Waals surface area contributed by atoms with Crippen molar-refractivity contribution in [3.63, 3.8) is 0 Å². The van der Waals surface area contributed by atoms with Gasteiger partial charge in [-0.1, -0.05) is 24.3 Å². The maximum absolute atomic E-state index is 10.8. The van der Waals surface area contributed by atoms with Crippen LogP contribution in [-0.2, 0) is 17.8 Å². The first kappa shape index (κ1) is 13.4. The zero-order chi connectivity index (χ0) is 14.7. The minimum Gasteiger partial charge on any atom is -0.481 e. The Kier molecular flexibility index (Phi) is 3.69. The lowest BCUT2D eigenvalue weighted by Gasteiger charge is -2.01. The third-order valence-electron chi connectivity index (χ3n) is 3.54. The monoisotopic (exact) mass is 280 g/mol. The highest BCUT2D eigenvalue weighted by Crippen LogP contribution is 2.23. The number of carbonyl (C=O) groups is 1. The molecule has 106 valence electrons. The van der Waals surface area contributed by atoms with E-state index in [1.54, 1.807) is 6.20 Å². The third-order valence-corrected chi connectivity index (χ3v) is 3.54. The van der Waals surface area contributed by atoms with Gasteiger partial charge in [0.2, 0.25) is 0 Å². The van der Waals surface area contributed by atoms with E-state index in [0.717, 1.165) is 23.0 Å². The van der Waals surface area contributed by atoms with Crippen molar-refractivity contribution in [3.8, 4) is 0 Å². The Morgan fingerprint density at radius 3 is 2.71 bits per heavy atom. The van der Waals surface area contributed by atoms with Crippen molar-refractivity contribution in [1.29, 1.82) is 0 Å². The van der Waals surface area contributed by atoms with E-state index < -0.39 is 5.97 Å². The van der Waals surface area contributed by atoms with Gasteiger partial charge in [0.15, 0.2) is 0 Å². The molecule has 0 amide bonds. The van der Waals surface area contributed by atoms with Gasteiger partial charge in [-0.2, -0.15) is 0 Å². The van der Waals surface area contributed by atoms with Crippen LogP contribution < -0.4 is 0 Å². The van der Waals surface area contributed by atoms with Crippen molar-refractivity contribution in [3.05, 3.63) is 66.1 Å². The molecule has 2 heterocycles. The SMILES string of the molecule is O=C(O)CCn1cc(Cc2ccccn2)c2ccccc21. The van der Waals surface area contributed by atoms with Gasteiger partial charge in [-0.25, -0.2) is 0 Å². The molecule has 0 saturated heterocycles. The second kappa shape index (κ2) is 5.79. The highest BCUT2D eigenvalue weighted by atomic mass is 16.4. The predicted octanol–water partition coefficient (Wildman–Crippen LogP) is 3.10. The summed E-state index contributed by atoms with van der Waals surface area (Å²) in [6.45, 7) is 0.484. The van der Waals surface area contributed by atoms with Gasteiger partial charge in [0, 0.05) is 42.0 Å². The van der Waals surface area contributed by atoms with E-state index >= 15 is 0 Å². The summed E-state index contributed by atoms with van der Waals surface area (Å²) in [6, 6.07) is 14.0. The minimum absolute atomic E-state index is 0.127. The number of aliphatic carboxylic acids is 1. The smallest absolute Gasteiger partial charge is 0.305 e. The molecular formula is C17H16N2O2. The summed E-state index contributed by atoms with van der Waals surface area (Å²) in [6.07, 6.45) is 4.71. The van der Waals surface area contributed by atoms with Gasteiger partial charge < -0.3 is 9.67 Å². The summed E-state index contributed by atoms with van der Waals surface area (Å²) < 4.78 is 2.02. The second-order valence-corrected chi connectivity index (χ2v) is 5.01. The molecule has 2 aromatic heterocycles. The zero-order valence-corrected chi connectivity index (χ0v) is 11.6. The van der Waals surface area contributed by atoms with Crippen LogP contribution in [0.2, 0.25) is 0 Å². The highest BCUT2D eigenvalue weighted by Gasteiger charge is 2.10. The van der Waals surface area contributed by atoms with Crippen molar-refractivity contribution in [2.24, 2.45) is 0 Å².